The number of aliphatic hydroxyl groups excluding tert-OH is 1. The molecule has 7 nitrogen and oxygen atoms in total. The van der Waals surface area contributed by atoms with Crippen molar-refractivity contribution in [1.29, 1.82) is 0 Å². The lowest BCUT2D eigenvalue weighted by Crippen LogP contribution is -2.24. The summed E-state index contributed by atoms with van der Waals surface area (Å²) in [6.45, 7) is 5.22. The monoisotopic (exact) mass is 428 g/mol. The molecule has 0 aliphatic carbocycles. The zero-order valence-electron chi connectivity index (χ0n) is 18.3. The Kier molecular flexibility index (Phi) is 8.20. The van der Waals surface area contributed by atoms with Gasteiger partial charge in [-0.25, -0.2) is 9.37 Å². The van der Waals surface area contributed by atoms with Crippen LogP contribution in [0.4, 0.5) is 16.0 Å². The van der Waals surface area contributed by atoms with E-state index in [9.17, 15) is 9.50 Å². The SMILES string of the molecule is CC(C)c1cnn2c(NCc3ccccc3F)cc(NC(CO)CCCCCN)nc12. The summed E-state index contributed by atoms with van der Waals surface area (Å²) < 4.78 is 15.8. The molecular formula is C23H33FN6O. The van der Waals surface area contributed by atoms with Crippen molar-refractivity contribution in [2.75, 3.05) is 23.8 Å². The molecule has 3 aromatic rings. The third kappa shape index (κ3) is 5.92. The van der Waals surface area contributed by atoms with Crippen LogP contribution in [0.5, 0.6) is 0 Å². The highest BCUT2D eigenvalue weighted by molar-refractivity contribution is 5.61. The van der Waals surface area contributed by atoms with Gasteiger partial charge in [-0.05, 0) is 31.4 Å². The van der Waals surface area contributed by atoms with Crippen LogP contribution in [-0.2, 0) is 6.54 Å². The standard InChI is InChI=1S/C23H33FN6O/c1-16(2)19-14-27-30-22(26-13-17-8-5-6-10-20(17)24)12-21(29-23(19)30)28-18(15-31)9-4-3-7-11-25/h5-6,8,10,12,14,16,18,26,31H,3-4,7,9,11,13,15,25H2,1-2H3,(H,28,29). The third-order valence-corrected chi connectivity index (χ3v) is 5.37. The Hall–Kier alpha value is -2.71. The fourth-order valence-corrected chi connectivity index (χ4v) is 3.54. The summed E-state index contributed by atoms with van der Waals surface area (Å²) in [5.74, 6) is 1.37. The highest BCUT2D eigenvalue weighted by Crippen LogP contribution is 2.25. The van der Waals surface area contributed by atoms with Crippen LogP contribution >= 0.6 is 0 Å². The minimum atomic E-state index is -0.250. The van der Waals surface area contributed by atoms with E-state index >= 15 is 0 Å². The largest absolute Gasteiger partial charge is 0.394 e. The van der Waals surface area contributed by atoms with E-state index < -0.39 is 0 Å². The molecule has 1 aromatic carbocycles. The minimum absolute atomic E-state index is 0.0176. The van der Waals surface area contributed by atoms with Gasteiger partial charge >= 0.3 is 0 Å². The van der Waals surface area contributed by atoms with Gasteiger partial charge in [0.2, 0.25) is 0 Å². The summed E-state index contributed by atoms with van der Waals surface area (Å²) in [5.41, 5.74) is 7.92. The van der Waals surface area contributed by atoms with Gasteiger partial charge in [0.1, 0.15) is 17.5 Å². The molecule has 5 N–H and O–H groups in total. The van der Waals surface area contributed by atoms with Gasteiger partial charge in [-0.3, -0.25) is 0 Å². The number of aromatic nitrogens is 3. The Bertz CT molecular complexity index is 974. The van der Waals surface area contributed by atoms with Crippen LogP contribution in [0.25, 0.3) is 5.65 Å². The zero-order valence-corrected chi connectivity index (χ0v) is 18.3. The van der Waals surface area contributed by atoms with Crippen molar-refractivity contribution in [3.8, 4) is 0 Å². The molecule has 0 aliphatic rings. The Morgan fingerprint density at radius 3 is 2.71 bits per heavy atom. The average molecular weight is 429 g/mol. The van der Waals surface area contributed by atoms with E-state index in [1.54, 1.807) is 16.6 Å². The molecule has 0 aliphatic heterocycles. The topological polar surface area (TPSA) is 100 Å². The number of rotatable bonds is 12. The van der Waals surface area contributed by atoms with Gasteiger partial charge in [0.25, 0.3) is 0 Å². The highest BCUT2D eigenvalue weighted by Gasteiger charge is 2.16. The fourth-order valence-electron chi connectivity index (χ4n) is 3.54. The Morgan fingerprint density at radius 1 is 1.19 bits per heavy atom. The molecular weight excluding hydrogens is 395 g/mol. The molecule has 0 fully saturated rings. The van der Waals surface area contributed by atoms with Gasteiger partial charge in [-0.2, -0.15) is 9.61 Å². The first-order valence-corrected chi connectivity index (χ1v) is 11.0. The van der Waals surface area contributed by atoms with Crippen LogP contribution in [0, 0.1) is 5.82 Å². The van der Waals surface area contributed by atoms with Crippen molar-refractivity contribution >= 4 is 17.3 Å². The molecule has 168 valence electrons. The predicted octanol–water partition coefficient (Wildman–Crippen LogP) is 3.90. The van der Waals surface area contributed by atoms with E-state index in [0.717, 1.165) is 36.9 Å². The molecule has 3 rings (SSSR count). The van der Waals surface area contributed by atoms with Crippen LogP contribution in [0.1, 0.15) is 56.6 Å². The maximum atomic E-state index is 14.1. The normalized spacial score (nSPS) is 12.5. The van der Waals surface area contributed by atoms with Crippen molar-refractivity contribution < 1.29 is 9.50 Å². The number of nitrogens with zero attached hydrogens (tertiary/aromatic N) is 3. The summed E-state index contributed by atoms with van der Waals surface area (Å²) >= 11 is 0. The van der Waals surface area contributed by atoms with Crippen LogP contribution in [-0.4, -0.2) is 38.9 Å². The molecule has 0 spiro atoms. The van der Waals surface area contributed by atoms with E-state index in [1.165, 1.54) is 6.07 Å². The highest BCUT2D eigenvalue weighted by atomic mass is 19.1. The second kappa shape index (κ2) is 11.1. The minimum Gasteiger partial charge on any atom is -0.394 e. The number of fused-ring (bicyclic) bond motifs is 1. The summed E-state index contributed by atoms with van der Waals surface area (Å²) in [6.07, 6.45) is 5.66. The molecule has 31 heavy (non-hydrogen) atoms. The van der Waals surface area contributed by atoms with E-state index in [0.29, 0.717) is 30.3 Å². The number of hydrogen-bond donors (Lipinski definition) is 4. The summed E-state index contributed by atoms with van der Waals surface area (Å²) in [4.78, 5) is 4.77. The molecule has 0 bridgehead atoms. The number of benzene rings is 1. The lowest BCUT2D eigenvalue weighted by molar-refractivity contribution is 0.266. The van der Waals surface area contributed by atoms with E-state index in [4.69, 9.17) is 10.7 Å². The number of halogens is 1. The first-order valence-electron chi connectivity index (χ1n) is 11.0. The van der Waals surface area contributed by atoms with Crippen molar-refractivity contribution in [2.45, 2.75) is 58.0 Å². The van der Waals surface area contributed by atoms with Gasteiger partial charge in [-0.1, -0.05) is 44.9 Å². The average Bonchev–Trinajstić information content (AvgIpc) is 3.19. The summed E-state index contributed by atoms with van der Waals surface area (Å²) in [6, 6.07) is 8.46. The van der Waals surface area contributed by atoms with Crippen LogP contribution in [0.3, 0.4) is 0 Å². The number of aliphatic hydroxyl groups is 1. The Balaban J connectivity index is 1.85. The summed E-state index contributed by atoms with van der Waals surface area (Å²) in [7, 11) is 0. The maximum absolute atomic E-state index is 14.1. The van der Waals surface area contributed by atoms with E-state index in [1.807, 2.05) is 18.3 Å². The quantitative estimate of drug-likeness (QED) is 0.327. The molecule has 0 saturated carbocycles. The Morgan fingerprint density at radius 2 is 2.00 bits per heavy atom. The molecule has 8 heteroatoms. The van der Waals surface area contributed by atoms with Crippen LogP contribution in [0.15, 0.2) is 36.5 Å². The second-order valence-corrected chi connectivity index (χ2v) is 8.12. The van der Waals surface area contributed by atoms with Gasteiger partial charge in [0.05, 0.1) is 18.8 Å². The van der Waals surface area contributed by atoms with Crippen LogP contribution in [0.2, 0.25) is 0 Å². The maximum Gasteiger partial charge on any atom is 0.163 e. The molecule has 0 saturated heterocycles. The van der Waals surface area contributed by atoms with Crippen LogP contribution < -0.4 is 16.4 Å². The third-order valence-electron chi connectivity index (χ3n) is 5.37. The first-order chi connectivity index (χ1) is 15.0. The Labute approximate surface area is 182 Å². The second-order valence-electron chi connectivity index (χ2n) is 8.12. The lowest BCUT2D eigenvalue weighted by atomic mass is 10.1. The number of hydrogen-bond acceptors (Lipinski definition) is 6. The van der Waals surface area contributed by atoms with E-state index in [-0.39, 0.29) is 24.4 Å². The number of nitrogens with two attached hydrogens (primary N) is 1. The molecule has 0 amide bonds. The number of unbranched alkanes of at least 4 members (excludes halogenated alkanes) is 2. The number of nitrogens with one attached hydrogen (secondary N) is 2. The van der Waals surface area contributed by atoms with Crippen molar-refractivity contribution in [1.82, 2.24) is 14.6 Å². The van der Waals surface area contributed by atoms with E-state index in [2.05, 4.69) is 29.6 Å². The summed E-state index contributed by atoms with van der Waals surface area (Å²) in [5, 5.41) is 21.0. The molecule has 0 radical (unpaired) electrons. The van der Waals surface area contributed by atoms with Crippen molar-refractivity contribution in [3.63, 3.8) is 0 Å². The van der Waals surface area contributed by atoms with Gasteiger partial charge < -0.3 is 21.5 Å². The first kappa shape index (κ1) is 23.0. The molecule has 2 heterocycles. The molecule has 1 atom stereocenters. The van der Waals surface area contributed by atoms with Gasteiger partial charge in [-0.15, -0.1) is 0 Å². The molecule has 2 aromatic heterocycles. The molecule has 1 unspecified atom stereocenters. The van der Waals surface area contributed by atoms with Crippen molar-refractivity contribution in [2.24, 2.45) is 5.73 Å². The predicted molar refractivity (Wildman–Crippen MR) is 123 cm³/mol. The fraction of sp³-hybridized carbons (Fsp3) is 0.478. The van der Waals surface area contributed by atoms with Gasteiger partial charge in [0, 0.05) is 23.7 Å². The lowest BCUT2D eigenvalue weighted by Gasteiger charge is -2.18. The number of anilines is 2. The smallest absolute Gasteiger partial charge is 0.163 e. The zero-order chi connectivity index (χ0) is 22.2. The van der Waals surface area contributed by atoms with Crippen molar-refractivity contribution in [3.05, 3.63) is 53.5 Å². The van der Waals surface area contributed by atoms with Gasteiger partial charge in [0.15, 0.2) is 5.65 Å².